The molecule has 0 aromatic rings. The largest absolute Gasteiger partial charge is 0.480 e. The molecule has 0 spiro atoms. The molecule has 0 amide bonds. The van der Waals surface area contributed by atoms with Crippen LogP contribution in [0.4, 0.5) is 0 Å². The van der Waals surface area contributed by atoms with Crippen LogP contribution in [0.1, 0.15) is 20.8 Å². The normalized spacial score (nSPS) is 14.3. The third kappa shape index (κ3) is 5.93. The number of aliphatic carboxylic acids is 1. The minimum absolute atomic E-state index is 0.193. The highest BCUT2D eigenvalue weighted by Gasteiger charge is 2.17. The highest BCUT2D eigenvalue weighted by Crippen LogP contribution is 2.07. The standard InChI is InChI=1S/C8H17NO4S/c1-6(2)7(3)4-9-14(12,13)5-8(10)11/h6-7,9H,4-5H2,1-3H3,(H,10,11). The zero-order valence-electron chi connectivity index (χ0n) is 8.65. The van der Waals surface area contributed by atoms with E-state index in [0.29, 0.717) is 5.92 Å². The summed E-state index contributed by atoms with van der Waals surface area (Å²) in [7, 11) is -3.66. The van der Waals surface area contributed by atoms with Crippen LogP contribution in [0.5, 0.6) is 0 Å². The zero-order valence-corrected chi connectivity index (χ0v) is 9.47. The first-order valence-electron chi connectivity index (χ1n) is 4.43. The van der Waals surface area contributed by atoms with Crippen molar-refractivity contribution >= 4 is 16.0 Å². The average molecular weight is 223 g/mol. The predicted octanol–water partition coefficient (Wildman–Crippen LogP) is 0.282. The lowest BCUT2D eigenvalue weighted by molar-refractivity contribution is -0.134. The van der Waals surface area contributed by atoms with Crippen LogP contribution in [0.2, 0.25) is 0 Å². The fourth-order valence-corrected chi connectivity index (χ4v) is 1.65. The van der Waals surface area contributed by atoms with Crippen molar-refractivity contribution in [2.45, 2.75) is 20.8 Å². The van der Waals surface area contributed by atoms with E-state index in [1.807, 2.05) is 20.8 Å². The molecule has 0 aromatic heterocycles. The van der Waals surface area contributed by atoms with Crippen LogP contribution >= 0.6 is 0 Å². The summed E-state index contributed by atoms with van der Waals surface area (Å²) in [6.07, 6.45) is 0. The van der Waals surface area contributed by atoms with E-state index in [1.54, 1.807) is 0 Å². The molecule has 6 heteroatoms. The van der Waals surface area contributed by atoms with Crippen LogP contribution in [0.15, 0.2) is 0 Å². The maximum atomic E-state index is 11.1. The molecule has 0 heterocycles. The first-order valence-corrected chi connectivity index (χ1v) is 6.09. The van der Waals surface area contributed by atoms with Gasteiger partial charge in [-0.1, -0.05) is 20.8 Å². The van der Waals surface area contributed by atoms with Gasteiger partial charge in [-0.15, -0.1) is 0 Å². The van der Waals surface area contributed by atoms with Crippen LogP contribution in [-0.4, -0.2) is 31.8 Å². The summed E-state index contributed by atoms with van der Waals surface area (Å²) in [4.78, 5) is 10.2. The molecule has 0 radical (unpaired) electrons. The predicted molar refractivity (Wildman–Crippen MR) is 53.4 cm³/mol. The maximum absolute atomic E-state index is 11.1. The molecule has 0 aliphatic rings. The van der Waals surface area contributed by atoms with Crippen molar-refractivity contribution in [3.8, 4) is 0 Å². The smallest absolute Gasteiger partial charge is 0.320 e. The Kier molecular flexibility index (Phi) is 5.07. The van der Waals surface area contributed by atoms with Crippen LogP contribution in [0.3, 0.4) is 0 Å². The van der Waals surface area contributed by atoms with Gasteiger partial charge in [-0.05, 0) is 11.8 Å². The van der Waals surface area contributed by atoms with E-state index in [2.05, 4.69) is 4.72 Å². The van der Waals surface area contributed by atoms with Crippen LogP contribution in [0, 0.1) is 11.8 Å². The van der Waals surface area contributed by atoms with Crippen molar-refractivity contribution in [2.75, 3.05) is 12.3 Å². The van der Waals surface area contributed by atoms with Gasteiger partial charge in [0.25, 0.3) is 0 Å². The second kappa shape index (κ2) is 5.31. The molecule has 0 saturated heterocycles. The maximum Gasteiger partial charge on any atom is 0.320 e. The minimum atomic E-state index is -3.66. The summed E-state index contributed by atoms with van der Waals surface area (Å²) >= 11 is 0. The van der Waals surface area contributed by atoms with E-state index in [4.69, 9.17) is 5.11 Å². The van der Waals surface area contributed by atoms with Crippen LogP contribution < -0.4 is 4.72 Å². The second-order valence-corrected chi connectivity index (χ2v) is 5.53. The molecule has 0 aromatic carbocycles. The van der Waals surface area contributed by atoms with Crippen molar-refractivity contribution in [3.05, 3.63) is 0 Å². The Labute approximate surface area is 84.6 Å². The van der Waals surface area contributed by atoms with E-state index in [9.17, 15) is 13.2 Å². The molecule has 0 rings (SSSR count). The monoisotopic (exact) mass is 223 g/mol. The number of nitrogens with one attached hydrogen (secondary N) is 1. The van der Waals surface area contributed by atoms with Gasteiger partial charge in [-0.25, -0.2) is 13.1 Å². The van der Waals surface area contributed by atoms with E-state index in [1.165, 1.54) is 0 Å². The summed E-state index contributed by atoms with van der Waals surface area (Å²) in [5, 5.41) is 8.30. The van der Waals surface area contributed by atoms with Gasteiger partial charge in [0, 0.05) is 6.54 Å². The third-order valence-electron chi connectivity index (χ3n) is 2.08. The third-order valence-corrected chi connectivity index (χ3v) is 3.31. The first kappa shape index (κ1) is 13.4. The molecule has 0 aliphatic carbocycles. The van der Waals surface area contributed by atoms with Crippen LogP contribution in [-0.2, 0) is 14.8 Å². The number of sulfonamides is 1. The first-order chi connectivity index (χ1) is 6.24. The highest BCUT2D eigenvalue weighted by molar-refractivity contribution is 7.90. The van der Waals surface area contributed by atoms with Crippen molar-refractivity contribution in [1.82, 2.24) is 4.72 Å². The van der Waals surface area contributed by atoms with E-state index < -0.39 is 21.7 Å². The lowest BCUT2D eigenvalue weighted by atomic mass is 9.99. The fourth-order valence-electron chi connectivity index (χ4n) is 0.708. The van der Waals surface area contributed by atoms with Gasteiger partial charge in [0.2, 0.25) is 10.0 Å². The number of hydrogen-bond donors (Lipinski definition) is 2. The summed E-state index contributed by atoms with van der Waals surface area (Å²) < 4.78 is 24.4. The minimum Gasteiger partial charge on any atom is -0.480 e. The number of rotatable bonds is 6. The quantitative estimate of drug-likeness (QED) is 0.677. The molecule has 14 heavy (non-hydrogen) atoms. The highest BCUT2D eigenvalue weighted by atomic mass is 32.2. The molecule has 5 nitrogen and oxygen atoms in total. The van der Waals surface area contributed by atoms with Gasteiger partial charge in [0.1, 0.15) is 0 Å². The Morgan fingerprint density at radius 2 is 1.86 bits per heavy atom. The lowest BCUT2D eigenvalue weighted by Gasteiger charge is -2.15. The second-order valence-electron chi connectivity index (χ2n) is 3.72. The van der Waals surface area contributed by atoms with Crippen LogP contribution in [0.25, 0.3) is 0 Å². The lowest BCUT2D eigenvalue weighted by Crippen LogP contribution is -2.34. The molecule has 2 N–H and O–H groups in total. The van der Waals surface area contributed by atoms with E-state index in [0.717, 1.165) is 0 Å². The molecular formula is C8H17NO4S. The van der Waals surface area contributed by atoms with Crippen molar-refractivity contribution in [2.24, 2.45) is 11.8 Å². The van der Waals surface area contributed by atoms with Crippen molar-refractivity contribution < 1.29 is 18.3 Å². The molecule has 0 saturated carbocycles. The number of hydrogen-bond acceptors (Lipinski definition) is 3. The number of carboxylic acids is 1. The number of carbonyl (C=O) groups is 1. The Hall–Kier alpha value is -0.620. The van der Waals surface area contributed by atoms with Crippen molar-refractivity contribution in [1.29, 1.82) is 0 Å². The van der Waals surface area contributed by atoms with Crippen molar-refractivity contribution in [3.63, 3.8) is 0 Å². The van der Waals surface area contributed by atoms with Gasteiger partial charge >= 0.3 is 5.97 Å². The molecule has 84 valence electrons. The summed E-state index contributed by atoms with van der Waals surface area (Å²) in [5.74, 6) is -1.64. The van der Waals surface area contributed by atoms with Gasteiger partial charge in [-0.3, -0.25) is 4.79 Å². The van der Waals surface area contributed by atoms with Gasteiger partial charge in [-0.2, -0.15) is 0 Å². The Morgan fingerprint density at radius 3 is 2.21 bits per heavy atom. The summed E-state index contributed by atoms with van der Waals surface area (Å²) in [5.41, 5.74) is 0. The Bertz CT molecular complexity index is 284. The topological polar surface area (TPSA) is 83.5 Å². The van der Waals surface area contributed by atoms with E-state index in [-0.39, 0.29) is 12.5 Å². The van der Waals surface area contributed by atoms with E-state index >= 15 is 0 Å². The Balaban J connectivity index is 4.06. The van der Waals surface area contributed by atoms with Gasteiger partial charge in [0.05, 0.1) is 0 Å². The number of carboxylic acid groups (broad SMARTS) is 1. The molecular weight excluding hydrogens is 206 g/mol. The fraction of sp³-hybridized carbons (Fsp3) is 0.875. The zero-order chi connectivity index (χ0) is 11.4. The molecule has 0 fully saturated rings. The molecule has 1 unspecified atom stereocenters. The van der Waals surface area contributed by atoms with Gasteiger partial charge < -0.3 is 5.11 Å². The average Bonchev–Trinajstić information content (AvgIpc) is 1.97. The molecule has 0 bridgehead atoms. The summed E-state index contributed by atoms with van der Waals surface area (Å²) in [6, 6.07) is 0. The summed E-state index contributed by atoms with van der Waals surface area (Å²) in [6.45, 7) is 6.16. The molecule has 1 atom stereocenters. The molecule has 0 aliphatic heterocycles. The Morgan fingerprint density at radius 1 is 1.36 bits per heavy atom. The van der Waals surface area contributed by atoms with Gasteiger partial charge in [0.15, 0.2) is 5.75 Å². The SMILES string of the molecule is CC(C)C(C)CNS(=O)(=O)CC(=O)O.